The van der Waals surface area contributed by atoms with Gasteiger partial charge in [0.1, 0.15) is 0 Å². The molecule has 82 valence electrons. The second-order valence-electron chi connectivity index (χ2n) is 3.35. The monoisotopic (exact) mass is 222 g/mol. The van der Waals surface area contributed by atoms with E-state index in [1.807, 2.05) is 0 Å². The molecule has 1 heterocycles. The molecule has 0 aromatic rings. The average molecular weight is 222 g/mol. The Morgan fingerprint density at radius 1 is 1.57 bits per heavy atom. The Bertz CT molecular complexity index is 314. The van der Waals surface area contributed by atoms with Crippen LogP contribution < -0.4 is 4.72 Å². The summed E-state index contributed by atoms with van der Waals surface area (Å²) in [5.41, 5.74) is 0. The maximum Gasteiger partial charge on any atom is 0.322 e. The number of carbonyl (C=O) groups excluding carboxylic acids is 1. The normalized spacial score (nSPS) is 23.7. The average Bonchev–Trinajstić information content (AvgIpc) is 2.30. The van der Waals surface area contributed by atoms with Gasteiger partial charge < -0.3 is 4.84 Å². The van der Waals surface area contributed by atoms with Crippen LogP contribution in [0.4, 0.5) is 0 Å². The molecule has 0 radical (unpaired) electrons. The summed E-state index contributed by atoms with van der Waals surface area (Å²) in [6.07, 6.45) is 1.77. The van der Waals surface area contributed by atoms with Crippen LogP contribution in [0.5, 0.6) is 0 Å². The summed E-state index contributed by atoms with van der Waals surface area (Å²) >= 11 is 0. The molecule has 0 bridgehead atoms. The molecule has 1 unspecified atom stereocenters. The summed E-state index contributed by atoms with van der Waals surface area (Å²) in [6.45, 7) is 2.29. The molecule has 1 aliphatic rings. The van der Waals surface area contributed by atoms with E-state index in [0.717, 1.165) is 6.26 Å². The quantitative estimate of drug-likeness (QED) is 0.669. The molecule has 0 amide bonds. The summed E-state index contributed by atoms with van der Waals surface area (Å²) < 4.78 is 24.2. The van der Waals surface area contributed by atoms with Gasteiger partial charge in [0.25, 0.3) is 0 Å². The summed E-state index contributed by atoms with van der Waals surface area (Å²) in [5.74, 6) is -0.384. The van der Waals surface area contributed by atoms with Crippen LogP contribution in [-0.2, 0) is 19.7 Å². The first-order valence-corrected chi connectivity index (χ1v) is 6.17. The molecule has 0 aromatic carbocycles. The highest BCUT2D eigenvalue weighted by molar-refractivity contribution is 7.88. The van der Waals surface area contributed by atoms with Crippen LogP contribution in [0.1, 0.15) is 13.3 Å². The first-order chi connectivity index (χ1) is 6.37. The number of rotatable bonds is 3. The van der Waals surface area contributed by atoms with Crippen LogP contribution in [-0.4, -0.2) is 44.8 Å². The van der Waals surface area contributed by atoms with Gasteiger partial charge in [0.05, 0.1) is 12.8 Å². The van der Waals surface area contributed by atoms with E-state index in [9.17, 15) is 13.2 Å². The predicted molar refractivity (Wildman–Crippen MR) is 49.7 cm³/mol. The molecule has 1 fully saturated rings. The van der Waals surface area contributed by atoms with Crippen molar-refractivity contribution in [3.8, 4) is 0 Å². The predicted octanol–water partition coefficient (Wildman–Crippen LogP) is -0.912. The molecule has 0 aliphatic carbocycles. The minimum absolute atomic E-state index is 0.163. The first-order valence-electron chi connectivity index (χ1n) is 4.27. The van der Waals surface area contributed by atoms with Gasteiger partial charge in [-0.2, -0.15) is 0 Å². The topological polar surface area (TPSA) is 75.7 Å². The molecule has 1 atom stereocenters. The van der Waals surface area contributed by atoms with Crippen molar-refractivity contribution in [1.82, 2.24) is 9.79 Å². The van der Waals surface area contributed by atoms with E-state index in [0.29, 0.717) is 19.5 Å². The lowest BCUT2D eigenvalue weighted by Crippen LogP contribution is -2.36. The first kappa shape index (κ1) is 11.4. The molecule has 1 saturated heterocycles. The standard InChI is InChI=1S/C7H14N2O4S/c1-6(10)13-9-4-3-7(5-9)8-14(2,11)12/h7-8H,3-5H2,1-2H3. The maximum absolute atomic E-state index is 10.9. The van der Waals surface area contributed by atoms with E-state index in [2.05, 4.69) is 4.72 Å². The Morgan fingerprint density at radius 2 is 2.21 bits per heavy atom. The Balaban J connectivity index is 2.38. The van der Waals surface area contributed by atoms with Crippen molar-refractivity contribution in [3.05, 3.63) is 0 Å². The van der Waals surface area contributed by atoms with Gasteiger partial charge in [-0.15, -0.1) is 5.06 Å². The number of hydrogen-bond donors (Lipinski definition) is 1. The Labute approximate surface area is 83.2 Å². The third kappa shape index (κ3) is 4.03. The number of hydroxylamine groups is 2. The van der Waals surface area contributed by atoms with Gasteiger partial charge in [0.2, 0.25) is 10.0 Å². The molecule has 0 spiro atoms. The van der Waals surface area contributed by atoms with Gasteiger partial charge in [-0.05, 0) is 6.42 Å². The maximum atomic E-state index is 10.9. The zero-order valence-electron chi connectivity index (χ0n) is 8.19. The van der Waals surface area contributed by atoms with Crippen LogP contribution in [0.2, 0.25) is 0 Å². The van der Waals surface area contributed by atoms with Crippen LogP contribution in [0, 0.1) is 0 Å². The molecule has 7 heteroatoms. The minimum atomic E-state index is -3.18. The van der Waals surface area contributed by atoms with E-state index in [-0.39, 0.29) is 12.0 Å². The molecule has 0 saturated carbocycles. The zero-order valence-corrected chi connectivity index (χ0v) is 9.00. The molecule has 14 heavy (non-hydrogen) atoms. The lowest BCUT2D eigenvalue weighted by atomic mass is 10.3. The van der Waals surface area contributed by atoms with Crippen molar-refractivity contribution in [3.63, 3.8) is 0 Å². The van der Waals surface area contributed by atoms with Gasteiger partial charge >= 0.3 is 5.97 Å². The summed E-state index contributed by atoms with van der Waals surface area (Å²) in [7, 11) is -3.18. The third-order valence-corrected chi connectivity index (χ3v) is 2.55. The molecule has 0 aromatic heterocycles. The van der Waals surface area contributed by atoms with Crippen LogP contribution in [0.25, 0.3) is 0 Å². The van der Waals surface area contributed by atoms with Crippen molar-refractivity contribution in [2.24, 2.45) is 0 Å². The van der Waals surface area contributed by atoms with Crippen LogP contribution >= 0.6 is 0 Å². The van der Waals surface area contributed by atoms with Crippen molar-refractivity contribution in [2.75, 3.05) is 19.3 Å². The van der Waals surface area contributed by atoms with Crippen molar-refractivity contribution >= 4 is 16.0 Å². The van der Waals surface area contributed by atoms with E-state index in [1.165, 1.54) is 12.0 Å². The summed E-state index contributed by atoms with van der Waals surface area (Å²) in [6, 6.07) is -0.163. The fourth-order valence-corrected chi connectivity index (χ4v) is 2.19. The molecule has 1 rings (SSSR count). The highest BCUT2D eigenvalue weighted by Gasteiger charge is 2.26. The Morgan fingerprint density at radius 3 is 2.71 bits per heavy atom. The smallest absolute Gasteiger partial charge is 0.322 e. The lowest BCUT2D eigenvalue weighted by Gasteiger charge is -2.14. The van der Waals surface area contributed by atoms with Crippen molar-refractivity contribution in [2.45, 2.75) is 19.4 Å². The second-order valence-corrected chi connectivity index (χ2v) is 5.13. The molecule has 1 aliphatic heterocycles. The lowest BCUT2D eigenvalue weighted by molar-refractivity contribution is -0.182. The van der Waals surface area contributed by atoms with E-state index >= 15 is 0 Å². The van der Waals surface area contributed by atoms with Gasteiger partial charge in [0.15, 0.2) is 0 Å². The van der Waals surface area contributed by atoms with Crippen LogP contribution in [0.15, 0.2) is 0 Å². The molecule has 6 nitrogen and oxygen atoms in total. The highest BCUT2D eigenvalue weighted by Crippen LogP contribution is 2.10. The minimum Gasteiger partial charge on any atom is -0.368 e. The molecule has 1 N–H and O–H groups in total. The molecular weight excluding hydrogens is 208 g/mol. The van der Waals surface area contributed by atoms with Crippen molar-refractivity contribution < 1.29 is 18.0 Å². The van der Waals surface area contributed by atoms with Crippen LogP contribution in [0.3, 0.4) is 0 Å². The van der Waals surface area contributed by atoms with E-state index in [1.54, 1.807) is 0 Å². The van der Waals surface area contributed by atoms with Gasteiger partial charge in [0, 0.05) is 19.5 Å². The number of sulfonamides is 1. The second kappa shape index (κ2) is 4.24. The van der Waals surface area contributed by atoms with E-state index in [4.69, 9.17) is 4.84 Å². The number of nitrogens with zero attached hydrogens (tertiary/aromatic N) is 1. The fraction of sp³-hybridized carbons (Fsp3) is 0.857. The number of hydrogen-bond acceptors (Lipinski definition) is 5. The van der Waals surface area contributed by atoms with Crippen molar-refractivity contribution in [1.29, 1.82) is 0 Å². The van der Waals surface area contributed by atoms with E-state index < -0.39 is 10.0 Å². The highest BCUT2D eigenvalue weighted by atomic mass is 32.2. The van der Waals surface area contributed by atoms with Gasteiger partial charge in [-0.25, -0.2) is 13.1 Å². The zero-order chi connectivity index (χ0) is 10.8. The SMILES string of the molecule is CC(=O)ON1CCC(NS(C)(=O)=O)C1. The third-order valence-electron chi connectivity index (χ3n) is 1.79. The summed E-state index contributed by atoms with van der Waals surface area (Å²) in [4.78, 5) is 15.4. The number of nitrogens with one attached hydrogen (secondary N) is 1. The summed E-state index contributed by atoms with van der Waals surface area (Å²) in [5, 5.41) is 1.46. The molecular formula is C7H14N2O4S. The van der Waals surface area contributed by atoms with Gasteiger partial charge in [-0.3, -0.25) is 4.79 Å². The Kier molecular flexibility index (Phi) is 3.46. The Hall–Kier alpha value is -0.660. The fourth-order valence-electron chi connectivity index (χ4n) is 1.39. The largest absolute Gasteiger partial charge is 0.368 e. The number of carbonyl (C=O) groups is 1. The van der Waals surface area contributed by atoms with Gasteiger partial charge in [-0.1, -0.05) is 0 Å².